The van der Waals surface area contributed by atoms with E-state index in [-0.39, 0.29) is 0 Å². The van der Waals surface area contributed by atoms with Crippen molar-refractivity contribution >= 4 is 0 Å². The highest BCUT2D eigenvalue weighted by Crippen LogP contribution is 2.44. The predicted molar refractivity (Wildman–Crippen MR) is 67.4 cm³/mol. The highest BCUT2D eigenvalue weighted by molar-refractivity contribution is 4.96. The Balaban J connectivity index is 1.43. The molecule has 0 aromatic rings. The van der Waals surface area contributed by atoms with Gasteiger partial charge >= 0.3 is 0 Å². The van der Waals surface area contributed by atoms with Gasteiger partial charge in [-0.15, -0.1) is 0 Å². The lowest BCUT2D eigenvalue weighted by atomic mass is 9.92. The molecule has 0 spiro atoms. The van der Waals surface area contributed by atoms with Crippen LogP contribution in [0.5, 0.6) is 0 Å². The fraction of sp³-hybridized carbons (Fsp3) is 1.00. The molecule has 2 heteroatoms. The van der Waals surface area contributed by atoms with E-state index < -0.39 is 0 Å². The summed E-state index contributed by atoms with van der Waals surface area (Å²) >= 11 is 0. The molecular formula is C14H26N2. The van der Waals surface area contributed by atoms with E-state index in [0.29, 0.717) is 0 Å². The molecule has 92 valence electrons. The molecule has 0 aromatic heterocycles. The summed E-state index contributed by atoms with van der Waals surface area (Å²) in [6.07, 6.45) is 8.73. The summed E-state index contributed by atoms with van der Waals surface area (Å²) in [7, 11) is 0. The van der Waals surface area contributed by atoms with Crippen molar-refractivity contribution in [1.82, 2.24) is 10.6 Å². The second-order valence-electron chi connectivity index (χ2n) is 6.35. The van der Waals surface area contributed by atoms with Crippen LogP contribution in [-0.4, -0.2) is 25.2 Å². The fourth-order valence-electron chi connectivity index (χ4n) is 3.35. The first-order chi connectivity index (χ1) is 7.83. The minimum absolute atomic E-state index is 0.737. The minimum Gasteiger partial charge on any atom is -0.314 e. The summed E-state index contributed by atoms with van der Waals surface area (Å²) in [6, 6.07) is 1.63. The van der Waals surface area contributed by atoms with Gasteiger partial charge in [0.25, 0.3) is 0 Å². The maximum Gasteiger partial charge on any atom is 0.0124 e. The number of hydrogen-bond donors (Lipinski definition) is 2. The van der Waals surface area contributed by atoms with Crippen molar-refractivity contribution in [3.05, 3.63) is 0 Å². The third-order valence-electron chi connectivity index (χ3n) is 4.63. The molecule has 0 aromatic carbocycles. The van der Waals surface area contributed by atoms with E-state index in [1.165, 1.54) is 51.6 Å². The van der Waals surface area contributed by atoms with Crippen molar-refractivity contribution < 1.29 is 0 Å². The van der Waals surface area contributed by atoms with Gasteiger partial charge in [-0.25, -0.2) is 0 Å². The van der Waals surface area contributed by atoms with Gasteiger partial charge in [-0.05, 0) is 76.3 Å². The largest absolute Gasteiger partial charge is 0.314 e. The Morgan fingerprint density at radius 2 is 1.81 bits per heavy atom. The van der Waals surface area contributed by atoms with Gasteiger partial charge in [0.05, 0.1) is 0 Å². The van der Waals surface area contributed by atoms with Gasteiger partial charge < -0.3 is 10.6 Å². The van der Waals surface area contributed by atoms with Crippen LogP contribution in [0, 0.1) is 17.8 Å². The Bertz CT molecular complexity index is 221. The number of rotatable bonds is 5. The van der Waals surface area contributed by atoms with Gasteiger partial charge in [0.2, 0.25) is 0 Å². The topological polar surface area (TPSA) is 24.1 Å². The molecule has 3 aliphatic rings. The van der Waals surface area contributed by atoms with E-state index in [2.05, 4.69) is 17.6 Å². The van der Waals surface area contributed by atoms with Crippen LogP contribution < -0.4 is 10.6 Å². The minimum atomic E-state index is 0.737. The van der Waals surface area contributed by atoms with Crippen molar-refractivity contribution in [3.8, 4) is 0 Å². The van der Waals surface area contributed by atoms with E-state index >= 15 is 0 Å². The van der Waals surface area contributed by atoms with E-state index in [9.17, 15) is 0 Å². The maximum atomic E-state index is 3.91. The summed E-state index contributed by atoms with van der Waals surface area (Å²) in [4.78, 5) is 0. The third-order valence-corrected chi connectivity index (χ3v) is 4.63. The molecule has 0 amide bonds. The van der Waals surface area contributed by atoms with Crippen LogP contribution in [0.15, 0.2) is 0 Å². The van der Waals surface area contributed by atoms with Crippen LogP contribution in [0.25, 0.3) is 0 Å². The Kier molecular flexibility index (Phi) is 3.21. The van der Waals surface area contributed by atoms with Crippen molar-refractivity contribution in [2.45, 2.75) is 57.5 Å². The zero-order chi connectivity index (χ0) is 11.0. The third kappa shape index (κ3) is 2.78. The molecule has 2 unspecified atom stereocenters. The Labute approximate surface area is 99.6 Å². The first-order valence-corrected chi connectivity index (χ1v) is 7.29. The maximum absolute atomic E-state index is 3.91. The summed E-state index contributed by atoms with van der Waals surface area (Å²) in [5.74, 6) is 3.02. The molecule has 16 heavy (non-hydrogen) atoms. The first-order valence-electron chi connectivity index (χ1n) is 7.29. The van der Waals surface area contributed by atoms with E-state index in [1.807, 2.05) is 0 Å². The van der Waals surface area contributed by atoms with Crippen LogP contribution in [0.3, 0.4) is 0 Å². The molecule has 1 saturated heterocycles. The van der Waals surface area contributed by atoms with Crippen LogP contribution >= 0.6 is 0 Å². The molecule has 0 radical (unpaired) electrons. The van der Waals surface area contributed by atoms with E-state index in [0.717, 1.165) is 29.8 Å². The molecule has 1 heterocycles. The van der Waals surface area contributed by atoms with Crippen LogP contribution in [0.2, 0.25) is 0 Å². The predicted octanol–water partition coefficient (Wildman–Crippen LogP) is 2.15. The van der Waals surface area contributed by atoms with E-state index in [1.54, 1.807) is 0 Å². The zero-order valence-corrected chi connectivity index (χ0v) is 10.5. The lowest BCUT2D eigenvalue weighted by molar-refractivity contribution is 0.282. The standard InChI is InChI=1S/C14H26N2/c1-10-8-11(6-7-15-10)9-16-14(12-2-3-12)13-4-5-13/h10-16H,2-9H2,1H3. The van der Waals surface area contributed by atoms with Gasteiger partial charge in [0, 0.05) is 12.1 Å². The van der Waals surface area contributed by atoms with Crippen LogP contribution in [0.1, 0.15) is 45.4 Å². The highest BCUT2D eigenvalue weighted by Gasteiger charge is 2.41. The molecule has 0 bridgehead atoms. The summed E-state index contributed by atoms with van der Waals surface area (Å²) in [6.45, 7) is 4.83. The molecule has 2 atom stereocenters. The highest BCUT2D eigenvalue weighted by atomic mass is 15.0. The summed E-state index contributed by atoms with van der Waals surface area (Å²) in [5.41, 5.74) is 0. The van der Waals surface area contributed by atoms with Gasteiger partial charge in [-0.3, -0.25) is 0 Å². The molecule has 2 N–H and O–H groups in total. The monoisotopic (exact) mass is 222 g/mol. The molecule has 3 fully saturated rings. The molecular weight excluding hydrogens is 196 g/mol. The summed E-state index contributed by atoms with van der Waals surface area (Å²) in [5, 5.41) is 7.45. The Morgan fingerprint density at radius 1 is 1.12 bits per heavy atom. The van der Waals surface area contributed by atoms with E-state index in [4.69, 9.17) is 0 Å². The quantitative estimate of drug-likeness (QED) is 0.745. The number of nitrogens with one attached hydrogen (secondary N) is 2. The number of piperidine rings is 1. The Hall–Kier alpha value is -0.0800. The summed E-state index contributed by atoms with van der Waals surface area (Å²) < 4.78 is 0. The normalized spacial score (nSPS) is 35.6. The van der Waals surface area contributed by atoms with Crippen molar-refractivity contribution in [2.75, 3.05) is 13.1 Å². The van der Waals surface area contributed by atoms with Crippen molar-refractivity contribution in [2.24, 2.45) is 17.8 Å². The second-order valence-corrected chi connectivity index (χ2v) is 6.35. The number of hydrogen-bond acceptors (Lipinski definition) is 2. The second kappa shape index (κ2) is 4.66. The molecule has 3 rings (SSSR count). The first kappa shape index (κ1) is 11.0. The van der Waals surface area contributed by atoms with Gasteiger partial charge in [0.1, 0.15) is 0 Å². The lowest BCUT2D eigenvalue weighted by Gasteiger charge is -2.30. The average Bonchev–Trinajstić information content (AvgIpc) is 3.13. The zero-order valence-electron chi connectivity index (χ0n) is 10.5. The smallest absolute Gasteiger partial charge is 0.0124 e. The van der Waals surface area contributed by atoms with Crippen LogP contribution in [0.4, 0.5) is 0 Å². The molecule has 2 saturated carbocycles. The molecule has 2 aliphatic carbocycles. The SMILES string of the molecule is CC1CC(CNC(C2CC2)C2CC2)CCN1. The van der Waals surface area contributed by atoms with Crippen molar-refractivity contribution in [1.29, 1.82) is 0 Å². The lowest BCUT2D eigenvalue weighted by Crippen LogP contribution is -2.42. The van der Waals surface area contributed by atoms with Gasteiger partial charge in [-0.2, -0.15) is 0 Å². The van der Waals surface area contributed by atoms with Gasteiger partial charge in [0.15, 0.2) is 0 Å². The molecule has 2 nitrogen and oxygen atoms in total. The molecule has 1 aliphatic heterocycles. The Morgan fingerprint density at radius 3 is 2.38 bits per heavy atom. The average molecular weight is 222 g/mol. The van der Waals surface area contributed by atoms with Crippen LogP contribution in [-0.2, 0) is 0 Å². The fourth-order valence-corrected chi connectivity index (χ4v) is 3.35. The van der Waals surface area contributed by atoms with Gasteiger partial charge in [-0.1, -0.05) is 0 Å². The van der Waals surface area contributed by atoms with Crippen molar-refractivity contribution in [3.63, 3.8) is 0 Å².